The maximum atomic E-state index is 11.8. The van der Waals surface area contributed by atoms with Crippen LogP contribution in [0.15, 0.2) is 12.1 Å². The van der Waals surface area contributed by atoms with E-state index in [1.165, 1.54) is 19.2 Å². The van der Waals surface area contributed by atoms with Gasteiger partial charge in [0.05, 0.1) is 31.0 Å². The first-order chi connectivity index (χ1) is 10.5. The van der Waals surface area contributed by atoms with Gasteiger partial charge in [0.25, 0.3) is 0 Å². The van der Waals surface area contributed by atoms with E-state index in [0.29, 0.717) is 12.3 Å². The highest BCUT2D eigenvalue weighted by Crippen LogP contribution is 2.31. The van der Waals surface area contributed by atoms with Crippen molar-refractivity contribution >= 4 is 29.4 Å². The van der Waals surface area contributed by atoms with Gasteiger partial charge >= 0.3 is 12.1 Å². The molecule has 0 spiro atoms. The molecule has 0 radical (unpaired) electrons. The van der Waals surface area contributed by atoms with Crippen LogP contribution in [0.25, 0.3) is 0 Å². The number of nitrogens with one attached hydrogen (secondary N) is 1. The number of anilines is 1. The normalized spacial score (nSPS) is 10.0. The average Bonchev–Trinajstić information content (AvgIpc) is 2.49. The van der Waals surface area contributed by atoms with Crippen LogP contribution in [-0.2, 0) is 9.47 Å². The second-order valence-corrected chi connectivity index (χ2v) is 4.77. The second-order valence-electron chi connectivity index (χ2n) is 4.37. The lowest BCUT2D eigenvalue weighted by atomic mass is 10.2. The number of halogens is 1. The fourth-order valence-electron chi connectivity index (χ4n) is 1.64. The van der Waals surface area contributed by atoms with Crippen LogP contribution in [0.1, 0.15) is 37.0 Å². The molecule has 7 heteroatoms. The molecule has 0 aromatic heterocycles. The van der Waals surface area contributed by atoms with Gasteiger partial charge in [-0.3, -0.25) is 5.32 Å². The molecule has 122 valence electrons. The molecule has 6 nitrogen and oxygen atoms in total. The first-order valence-electron chi connectivity index (χ1n) is 7.01. The van der Waals surface area contributed by atoms with Gasteiger partial charge in [-0.05, 0) is 19.4 Å². The van der Waals surface area contributed by atoms with Crippen molar-refractivity contribution < 1.29 is 23.8 Å². The van der Waals surface area contributed by atoms with Crippen molar-refractivity contribution in [2.24, 2.45) is 0 Å². The molecule has 1 rings (SSSR count). The van der Waals surface area contributed by atoms with Crippen LogP contribution < -0.4 is 10.1 Å². The Morgan fingerprint density at radius 2 is 1.95 bits per heavy atom. The number of hydrogen-bond acceptors (Lipinski definition) is 5. The number of methoxy groups -OCH3 is 1. The number of amides is 1. The van der Waals surface area contributed by atoms with Crippen LogP contribution in [0.5, 0.6) is 5.75 Å². The minimum Gasteiger partial charge on any atom is -0.496 e. The smallest absolute Gasteiger partial charge is 0.411 e. The van der Waals surface area contributed by atoms with Gasteiger partial charge in [0.15, 0.2) is 0 Å². The predicted octanol–water partition coefficient (Wildman–Crippen LogP) is 3.87. The number of carbonyl (C=O) groups is 2. The third kappa shape index (κ3) is 5.11. The lowest BCUT2D eigenvalue weighted by Gasteiger charge is -2.13. The molecule has 0 fully saturated rings. The number of ether oxygens (including phenoxy) is 3. The van der Waals surface area contributed by atoms with Crippen molar-refractivity contribution in [2.75, 3.05) is 25.6 Å². The Labute approximate surface area is 134 Å². The molecular formula is C15H20ClNO5. The first-order valence-corrected chi connectivity index (χ1v) is 7.39. The van der Waals surface area contributed by atoms with E-state index in [9.17, 15) is 9.59 Å². The van der Waals surface area contributed by atoms with E-state index in [-0.39, 0.29) is 22.9 Å². The molecular weight excluding hydrogens is 310 g/mol. The quantitative estimate of drug-likeness (QED) is 0.607. The maximum absolute atomic E-state index is 11.8. The number of esters is 1. The summed E-state index contributed by atoms with van der Waals surface area (Å²) in [5.41, 5.74) is 0.493. The summed E-state index contributed by atoms with van der Waals surface area (Å²) >= 11 is 6.07. The minimum absolute atomic E-state index is 0.191. The van der Waals surface area contributed by atoms with Gasteiger partial charge in [-0.1, -0.05) is 24.9 Å². The average molecular weight is 330 g/mol. The van der Waals surface area contributed by atoms with E-state index in [1.807, 2.05) is 6.92 Å². The summed E-state index contributed by atoms with van der Waals surface area (Å²) < 4.78 is 15.0. The first kappa shape index (κ1) is 18.1. The van der Waals surface area contributed by atoms with Crippen LogP contribution in [0.3, 0.4) is 0 Å². The minimum atomic E-state index is -0.610. The Hall–Kier alpha value is -1.95. The molecule has 0 aliphatic rings. The summed E-state index contributed by atoms with van der Waals surface area (Å²) in [7, 11) is 1.41. The van der Waals surface area contributed by atoms with Gasteiger partial charge < -0.3 is 14.2 Å². The van der Waals surface area contributed by atoms with E-state index in [0.717, 1.165) is 12.8 Å². The Bertz CT molecular complexity index is 533. The number of benzene rings is 1. The molecule has 0 atom stereocenters. The zero-order chi connectivity index (χ0) is 16.5. The Morgan fingerprint density at radius 3 is 2.55 bits per heavy atom. The highest BCUT2D eigenvalue weighted by atomic mass is 35.5. The molecule has 0 aliphatic heterocycles. The van der Waals surface area contributed by atoms with Gasteiger partial charge in [0.2, 0.25) is 0 Å². The third-order valence-corrected chi connectivity index (χ3v) is 3.06. The second kappa shape index (κ2) is 9.15. The molecule has 1 amide bonds. The van der Waals surface area contributed by atoms with Gasteiger partial charge in [-0.25, -0.2) is 9.59 Å². The topological polar surface area (TPSA) is 73.9 Å². The molecule has 0 aliphatic carbocycles. The van der Waals surface area contributed by atoms with Crippen molar-refractivity contribution in [3.05, 3.63) is 22.7 Å². The fraction of sp³-hybridized carbons (Fsp3) is 0.467. The maximum Gasteiger partial charge on any atom is 0.411 e. The monoisotopic (exact) mass is 329 g/mol. The molecule has 22 heavy (non-hydrogen) atoms. The molecule has 1 aromatic carbocycles. The van der Waals surface area contributed by atoms with E-state index in [2.05, 4.69) is 5.32 Å². The molecule has 0 unspecified atom stereocenters. The molecule has 0 saturated carbocycles. The van der Waals surface area contributed by atoms with Gasteiger partial charge in [0.1, 0.15) is 11.3 Å². The Balaban J connectivity index is 2.89. The fourth-order valence-corrected chi connectivity index (χ4v) is 1.85. The zero-order valence-electron chi connectivity index (χ0n) is 12.9. The summed E-state index contributed by atoms with van der Waals surface area (Å²) in [4.78, 5) is 23.4. The largest absolute Gasteiger partial charge is 0.496 e. The lowest BCUT2D eigenvalue weighted by molar-refractivity contribution is 0.0522. The van der Waals surface area contributed by atoms with Crippen molar-refractivity contribution in [3.63, 3.8) is 0 Å². The summed E-state index contributed by atoms with van der Waals surface area (Å²) in [6, 6.07) is 2.84. The van der Waals surface area contributed by atoms with Crippen molar-refractivity contribution in [1.82, 2.24) is 0 Å². The Morgan fingerprint density at radius 1 is 1.23 bits per heavy atom. The molecule has 1 aromatic rings. The summed E-state index contributed by atoms with van der Waals surface area (Å²) in [5.74, 6) is -0.287. The van der Waals surface area contributed by atoms with Gasteiger partial charge in [-0.15, -0.1) is 0 Å². The van der Waals surface area contributed by atoms with Crippen LogP contribution >= 0.6 is 11.6 Å². The van der Waals surface area contributed by atoms with Crippen LogP contribution in [0.4, 0.5) is 10.5 Å². The highest BCUT2D eigenvalue weighted by molar-refractivity contribution is 6.34. The molecule has 0 bridgehead atoms. The summed E-state index contributed by atoms with van der Waals surface area (Å²) in [5, 5.41) is 2.71. The molecule has 1 N–H and O–H groups in total. The van der Waals surface area contributed by atoms with Gasteiger partial charge in [-0.2, -0.15) is 0 Å². The number of rotatable bonds is 7. The lowest BCUT2D eigenvalue weighted by Crippen LogP contribution is -2.15. The van der Waals surface area contributed by atoms with Gasteiger partial charge in [0, 0.05) is 6.07 Å². The van der Waals surface area contributed by atoms with Crippen molar-refractivity contribution in [3.8, 4) is 5.75 Å². The third-order valence-electron chi connectivity index (χ3n) is 2.75. The van der Waals surface area contributed by atoms with E-state index < -0.39 is 12.1 Å². The van der Waals surface area contributed by atoms with E-state index in [1.54, 1.807) is 6.92 Å². The highest BCUT2D eigenvalue weighted by Gasteiger charge is 2.18. The van der Waals surface area contributed by atoms with Crippen LogP contribution in [0, 0.1) is 0 Å². The van der Waals surface area contributed by atoms with E-state index in [4.69, 9.17) is 25.8 Å². The van der Waals surface area contributed by atoms with Crippen LogP contribution in [-0.4, -0.2) is 32.4 Å². The van der Waals surface area contributed by atoms with Crippen molar-refractivity contribution in [1.29, 1.82) is 0 Å². The zero-order valence-corrected chi connectivity index (χ0v) is 13.7. The number of unbranched alkanes of at least 4 members (excludes halogenated alkanes) is 1. The number of hydrogen-bond donors (Lipinski definition) is 1. The number of carbonyl (C=O) groups excluding carboxylic acids is 2. The SMILES string of the molecule is CCCCOC(=O)Nc1cc(OC)c(C(=O)OCC)cc1Cl. The molecule has 0 heterocycles. The predicted molar refractivity (Wildman–Crippen MR) is 83.8 cm³/mol. The molecule has 0 saturated heterocycles. The van der Waals surface area contributed by atoms with E-state index >= 15 is 0 Å². The van der Waals surface area contributed by atoms with Crippen LogP contribution in [0.2, 0.25) is 5.02 Å². The summed E-state index contributed by atoms with van der Waals surface area (Å²) in [6.07, 6.45) is 1.10. The summed E-state index contributed by atoms with van der Waals surface area (Å²) in [6.45, 7) is 4.27. The van der Waals surface area contributed by atoms with Crippen molar-refractivity contribution in [2.45, 2.75) is 26.7 Å². The standard InChI is InChI=1S/C15H20ClNO5/c1-4-6-7-22-15(19)17-12-9-13(20-3)10(8-11(12)16)14(18)21-5-2/h8-9H,4-7H2,1-3H3,(H,17,19). The Kier molecular flexibility index (Phi) is 7.52.